The van der Waals surface area contributed by atoms with Gasteiger partial charge in [-0.2, -0.15) is 0 Å². The van der Waals surface area contributed by atoms with Gasteiger partial charge in [0.15, 0.2) is 0 Å². The molecule has 0 spiro atoms. The topological polar surface area (TPSA) is 38.3 Å². The number of carbonyl (C=O) groups is 1. The molecule has 2 rings (SSSR count). The first-order valence-electron chi connectivity index (χ1n) is 6.25. The Morgan fingerprint density at radius 3 is 3.06 bits per heavy atom. The summed E-state index contributed by atoms with van der Waals surface area (Å²) in [4.78, 5) is 10.7. The normalized spacial score (nSPS) is 21.8. The average Bonchev–Trinajstić information content (AvgIpc) is 2.40. The standard InChI is InChI=1S/C14H19NO2/c1-11(14-7-2-3-8-15-14)17-13-6-4-5-12(9-13)10-16/h4-6,9-11,14-15H,2-3,7-8H2,1H3. The summed E-state index contributed by atoms with van der Waals surface area (Å²) < 4.78 is 5.87. The van der Waals surface area contributed by atoms with Gasteiger partial charge in [0, 0.05) is 11.6 Å². The zero-order valence-electron chi connectivity index (χ0n) is 10.2. The molecule has 1 aliphatic heterocycles. The van der Waals surface area contributed by atoms with Crippen molar-refractivity contribution in [2.24, 2.45) is 0 Å². The van der Waals surface area contributed by atoms with Crippen LogP contribution in [0.1, 0.15) is 36.5 Å². The second kappa shape index (κ2) is 5.82. The van der Waals surface area contributed by atoms with Gasteiger partial charge in [-0.1, -0.05) is 18.6 Å². The Balaban J connectivity index is 1.96. The second-order valence-electron chi connectivity index (χ2n) is 4.57. The van der Waals surface area contributed by atoms with Crippen LogP contribution < -0.4 is 10.1 Å². The van der Waals surface area contributed by atoms with Crippen molar-refractivity contribution in [2.75, 3.05) is 6.54 Å². The maximum atomic E-state index is 10.7. The van der Waals surface area contributed by atoms with E-state index in [1.165, 1.54) is 12.8 Å². The van der Waals surface area contributed by atoms with Crippen LogP contribution in [0.2, 0.25) is 0 Å². The van der Waals surface area contributed by atoms with Gasteiger partial charge < -0.3 is 10.1 Å². The first-order valence-corrected chi connectivity index (χ1v) is 6.25. The number of hydrogen-bond acceptors (Lipinski definition) is 3. The minimum atomic E-state index is 0.136. The quantitative estimate of drug-likeness (QED) is 0.812. The van der Waals surface area contributed by atoms with Gasteiger partial charge in [0.2, 0.25) is 0 Å². The molecule has 3 nitrogen and oxygen atoms in total. The molecule has 2 atom stereocenters. The largest absolute Gasteiger partial charge is 0.489 e. The molecular weight excluding hydrogens is 214 g/mol. The highest BCUT2D eigenvalue weighted by Crippen LogP contribution is 2.18. The Morgan fingerprint density at radius 1 is 1.47 bits per heavy atom. The minimum absolute atomic E-state index is 0.136. The molecule has 0 aromatic heterocycles. The molecule has 0 amide bonds. The van der Waals surface area contributed by atoms with Crippen LogP contribution in [0.4, 0.5) is 0 Å². The predicted molar refractivity (Wildman–Crippen MR) is 67.6 cm³/mol. The Kier molecular flexibility index (Phi) is 4.15. The maximum Gasteiger partial charge on any atom is 0.150 e. The molecule has 1 N–H and O–H groups in total. The first-order chi connectivity index (χ1) is 8.29. The first kappa shape index (κ1) is 12.1. The van der Waals surface area contributed by atoms with Crippen LogP contribution in [0.15, 0.2) is 24.3 Å². The highest BCUT2D eigenvalue weighted by Gasteiger charge is 2.20. The van der Waals surface area contributed by atoms with E-state index in [0.717, 1.165) is 25.0 Å². The van der Waals surface area contributed by atoms with Crippen LogP contribution in [0.5, 0.6) is 5.75 Å². The fraction of sp³-hybridized carbons (Fsp3) is 0.500. The third-order valence-electron chi connectivity index (χ3n) is 3.23. The molecule has 1 fully saturated rings. The van der Waals surface area contributed by atoms with Crippen molar-refractivity contribution in [3.63, 3.8) is 0 Å². The van der Waals surface area contributed by atoms with E-state index in [1.807, 2.05) is 12.1 Å². The summed E-state index contributed by atoms with van der Waals surface area (Å²) in [6, 6.07) is 7.73. The number of benzene rings is 1. The van der Waals surface area contributed by atoms with E-state index < -0.39 is 0 Å². The van der Waals surface area contributed by atoms with Gasteiger partial charge in [-0.05, 0) is 38.4 Å². The van der Waals surface area contributed by atoms with E-state index in [1.54, 1.807) is 12.1 Å². The number of aldehydes is 1. The molecule has 0 saturated carbocycles. The molecule has 2 unspecified atom stereocenters. The van der Waals surface area contributed by atoms with Crippen molar-refractivity contribution in [1.82, 2.24) is 5.32 Å². The molecule has 17 heavy (non-hydrogen) atoms. The summed E-state index contributed by atoms with van der Waals surface area (Å²) in [7, 11) is 0. The number of ether oxygens (including phenoxy) is 1. The van der Waals surface area contributed by atoms with Gasteiger partial charge in [0.25, 0.3) is 0 Å². The van der Waals surface area contributed by atoms with Crippen molar-refractivity contribution in [3.05, 3.63) is 29.8 Å². The fourth-order valence-electron chi connectivity index (χ4n) is 2.24. The lowest BCUT2D eigenvalue weighted by Gasteiger charge is -2.29. The lowest BCUT2D eigenvalue weighted by atomic mass is 10.0. The van der Waals surface area contributed by atoms with Gasteiger partial charge in [-0.25, -0.2) is 0 Å². The summed E-state index contributed by atoms with van der Waals surface area (Å²) in [6.45, 7) is 3.16. The molecule has 0 radical (unpaired) electrons. The monoisotopic (exact) mass is 233 g/mol. The summed E-state index contributed by atoms with van der Waals surface area (Å²) in [6.07, 6.45) is 4.66. The maximum absolute atomic E-state index is 10.7. The van der Waals surface area contributed by atoms with Crippen molar-refractivity contribution in [2.45, 2.75) is 38.3 Å². The highest BCUT2D eigenvalue weighted by atomic mass is 16.5. The molecular formula is C14H19NO2. The Hall–Kier alpha value is -1.35. The summed E-state index contributed by atoms with van der Waals surface area (Å²) in [5.41, 5.74) is 0.659. The molecule has 1 saturated heterocycles. The molecule has 1 aromatic rings. The van der Waals surface area contributed by atoms with E-state index in [0.29, 0.717) is 11.6 Å². The second-order valence-corrected chi connectivity index (χ2v) is 4.57. The SMILES string of the molecule is CC(Oc1cccc(C=O)c1)C1CCCCN1. The minimum Gasteiger partial charge on any atom is -0.489 e. The van der Waals surface area contributed by atoms with E-state index in [9.17, 15) is 4.79 Å². The average molecular weight is 233 g/mol. The van der Waals surface area contributed by atoms with E-state index in [2.05, 4.69) is 12.2 Å². The Bertz CT molecular complexity index is 372. The Morgan fingerprint density at radius 2 is 2.35 bits per heavy atom. The fourth-order valence-corrected chi connectivity index (χ4v) is 2.24. The number of rotatable bonds is 4. The number of hydrogen-bond donors (Lipinski definition) is 1. The van der Waals surface area contributed by atoms with Crippen LogP contribution in [-0.2, 0) is 0 Å². The van der Waals surface area contributed by atoms with Crippen molar-refractivity contribution < 1.29 is 9.53 Å². The lowest BCUT2D eigenvalue weighted by molar-refractivity contribution is 0.112. The molecule has 0 bridgehead atoms. The number of piperidine rings is 1. The zero-order valence-corrected chi connectivity index (χ0v) is 10.2. The Labute approximate surface area is 102 Å². The van der Waals surface area contributed by atoms with Gasteiger partial charge in [-0.3, -0.25) is 4.79 Å². The number of carbonyl (C=O) groups excluding carboxylic acids is 1. The smallest absolute Gasteiger partial charge is 0.150 e. The van der Waals surface area contributed by atoms with Crippen molar-refractivity contribution >= 4 is 6.29 Å². The van der Waals surface area contributed by atoms with Gasteiger partial charge in [0.1, 0.15) is 18.1 Å². The van der Waals surface area contributed by atoms with Crippen LogP contribution in [0.3, 0.4) is 0 Å². The van der Waals surface area contributed by atoms with Gasteiger partial charge >= 0.3 is 0 Å². The van der Waals surface area contributed by atoms with Crippen LogP contribution >= 0.6 is 0 Å². The number of nitrogens with one attached hydrogen (secondary N) is 1. The summed E-state index contributed by atoms with van der Waals surface area (Å²) in [5, 5.41) is 3.47. The molecule has 92 valence electrons. The molecule has 1 aliphatic rings. The van der Waals surface area contributed by atoms with Crippen molar-refractivity contribution in [1.29, 1.82) is 0 Å². The lowest BCUT2D eigenvalue weighted by Crippen LogP contribution is -2.44. The van der Waals surface area contributed by atoms with Gasteiger partial charge in [-0.15, -0.1) is 0 Å². The van der Waals surface area contributed by atoms with E-state index in [-0.39, 0.29) is 6.10 Å². The van der Waals surface area contributed by atoms with E-state index >= 15 is 0 Å². The van der Waals surface area contributed by atoms with Crippen LogP contribution in [-0.4, -0.2) is 25.0 Å². The summed E-state index contributed by atoms with van der Waals surface area (Å²) in [5.74, 6) is 0.773. The third kappa shape index (κ3) is 3.30. The molecule has 1 heterocycles. The summed E-state index contributed by atoms with van der Waals surface area (Å²) >= 11 is 0. The third-order valence-corrected chi connectivity index (χ3v) is 3.23. The molecule has 3 heteroatoms. The molecule has 0 aliphatic carbocycles. The van der Waals surface area contributed by atoms with Crippen LogP contribution in [0, 0.1) is 0 Å². The molecule has 1 aromatic carbocycles. The highest BCUT2D eigenvalue weighted by molar-refractivity contribution is 5.75. The van der Waals surface area contributed by atoms with Crippen LogP contribution in [0.25, 0.3) is 0 Å². The van der Waals surface area contributed by atoms with Crippen molar-refractivity contribution in [3.8, 4) is 5.75 Å². The zero-order chi connectivity index (χ0) is 12.1. The predicted octanol–water partition coefficient (Wildman–Crippen LogP) is 2.41. The van der Waals surface area contributed by atoms with E-state index in [4.69, 9.17) is 4.74 Å². The van der Waals surface area contributed by atoms with Gasteiger partial charge in [0.05, 0.1) is 0 Å².